The van der Waals surface area contributed by atoms with Gasteiger partial charge in [-0.2, -0.15) is 4.39 Å². The van der Waals surface area contributed by atoms with Crippen LogP contribution >= 0.6 is 0 Å². The molecule has 0 aliphatic carbocycles. The van der Waals surface area contributed by atoms with Crippen molar-refractivity contribution in [2.45, 2.75) is 84.3 Å². The predicted molar refractivity (Wildman–Crippen MR) is 168 cm³/mol. The van der Waals surface area contributed by atoms with Gasteiger partial charge in [-0.25, -0.2) is 8.78 Å². The third kappa shape index (κ3) is 9.70. The predicted octanol–water partition coefficient (Wildman–Crippen LogP) is 10.8. The zero-order valence-corrected chi connectivity index (χ0v) is 25.6. The molecule has 0 bridgehead atoms. The molecule has 0 radical (unpaired) electrons. The van der Waals surface area contributed by atoms with Crippen molar-refractivity contribution >= 4 is 6.08 Å². The Kier molecular flexibility index (Phi) is 13.2. The summed E-state index contributed by atoms with van der Waals surface area (Å²) in [6.07, 6.45) is 14.5. The van der Waals surface area contributed by atoms with Crippen molar-refractivity contribution < 1.29 is 27.4 Å². The summed E-state index contributed by atoms with van der Waals surface area (Å²) in [5, 5.41) is 0. The quantitative estimate of drug-likeness (QED) is 0.154. The van der Waals surface area contributed by atoms with E-state index in [0.29, 0.717) is 36.5 Å². The Morgan fingerprint density at radius 2 is 1.37 bits per heavy atom. The van der Waals surface area contributed by atoms with Gasteiger partial charge in [0.1, 0.15) is 5.82 Å². The second-order valence-electron chi connectivity index (χ2n) is 11.4. The number of unbranched alkanes of at least 4 members (excludes halogenated alkanes) is 7. The molecule has 3 nitrogen and oxygen atoms in total. The molecule has 3 aromatic rings. The molecule has 6 heteroatoms. The van der Waals surface area contributed by atoms with E-state index in [1.165, 1.54) is 44.2 Å². The Balaban J connectivity index is 1.32. The molecule has 1 aliphatic rings. The van der Waals surface area contributed by atoms with Crippen molar-refractivity contribution in [3.63, 3.8) is 0 Å². The van der Waals surface area contributed by atoms with Crippen LogP contribution in [0, 0.1) is 23.4 Å². The summed E-state index contributed by atoms with van der Waals surface area (Å²) in [4.78, 5) is 0. The van der Waals surface area contributed by atoms with Gasteiger partial charge in [0.2, 0.25) is 5.82 Å². The van der Waals surface area contributed by atoms with Gasteiger partial charge in [0.05, 0.1) is 19.8 Å². The summed E-state index contributed by atoms with van der Waals surface area (Å²) >= 11 is 0. The SMILES string of the molecule is CCCCCCCCOc1ccc(-c2ccc(-c3ccc(/C=C/C4COC(CCCCC)OC4)c(F)c3)cc2)c(F)c1F. The highest BCUT2D eigenvalue weighted by molar-refractivity contribution is 5.72. The van der Waals surface area contributed by atoms with Gasteiger partial charge in [-0.1, -0.05) is 107 Å². The lowest BCUT2D eigenvalue weighted by Gasteiger charge is -2.28. The van der Waals surface area contributed by atoms with Gasteiger partial charge in [-0.05, 0) is 54.2 Å². The molecule has 0 N–H and O–H groups in total. The van der Waals surface area contributed by atoms with Crippen LogP contribution < -0.4 is 4.74 Å². The Morgan fingerprint density at radius 3 is 2.09 bits per heavy atom. The molecule has 4 rings (SSSR count). The monoisotopic (exact) mass is 594 g/mol. The Morgan fingerprint density at radius 1 is 0.721 bits per heavy atom. The first-order valence-corrected chi connectivity index (χ1v) is 15.9. The molecule has 0 amide bonds. The van der Waals surface area contributed by atoms with Crippen molar-refractivity contribution in [3.8, 4) is 28.0 Å². The van der Waals surface area contributed by atoms with Crippen molar-refractivity contribution in [2.75, 3.05) is 19.8 Å². The van der Waals surface area contributed by atoms with Crippen LogP contribution in [0.2, 0.25) is 0 Å². The highest BCUT2D eigenvalue weighted by Crippen LogP contribution is 2.32. The van der Waals surface area contributed by atoms with E-state index in [4.69, 9.17) is 14.2 Å². The van der Waals surface area contributed by atoms with Gasteiger partial charge in [0.25, 0.3) is 0 Å². The van der Waals surface area contributed by atoms with E-state index in [9.17, 15) is 13.2 Å². The van der Waals surface area contributed by atoms with Gasteiger partial charge in [0.15, 0.2) is 17.9 Å². The fourth-order valence-electron chi connectivity index (χ4n) is 5.25. The number of hydrogen-bond acceptors (Lipinski definition) is 3. The molecule has 232 valence electrons. The topological polar surface area (TPSA) is 27.7 Å². The molecule has 43 heavy (non-hydrogen) atoms. The molecule has 1 heterocycles. The van der Waals surface area contributed by atoms with Crippen LogP contribution in [0.5, 0.6) is 5.75 Å². The smallest absolute Gasteiger partial charge is 0.201 e. The van der Waals surface area contributed by atoms with Crippen LogP contribution in [0.4, 0.5) is 13.2 Å². The van der Waals surface area contributed by atoms with Gasteiger partial charge in [0, 0.05) is 17.0 Å². The minimum absolute atomic E-state index is 0.0637. The van der Waals surface area contributed by atoms with Gasteiger partial charge in [-0.3, -0.25) is 0 Å². The summed E-state index contributed by atoms with van der Waals surface area (Å²) in [6, 6.07) is 15.1. The van der Waals surface area contributed by atoms with Crippen LogP contribution in [0.3, 0.4) is 0 Å². The van der Waals surface area contributed by atoms with Crippen LogP contribution in [0.15, 0.2) is 60.7 Å². The Labute approximate surface area is 255 Å². The molecule has 3 aromatic carbocycles. The van der Waals surface area contributed by atoms with E-state index in [1.54, 1.807) is 42.5 Å². The number of rotatable bonds is 16. The minimum Gasteiger partial charge on any atom is -0.490 e. The van der Waals surface area contributed by atoms with Crippen molar-refractivity contribution in [1.82, 2.24) is 0 Å². The molecular weight excluding hydrogens is 549 g/mol. The zero-order valence-electron chi connectivity index (χ0n) is 25.6. The maximum atomic E-state index is 15.0. The summed E-state index contributed by atoms with van der Waals surface area (Å²) in [5.74, 6) is -2.23. The number of ether oxygens (including phenoxy) is 3. The van der Waals surface area contributed by atoms with Crippen LogP contribution in [-0.2, 0) is 9.47 Å². The molecular formula is C37H45F3O3. The second-order valence-corrected chi connectivity index (χ2v) is 11.4. The van der Waals surface area contributed by atoms with E-state index < -0.39 is 11.6 Å². The first-order valence-electron chi connectivity index (χ1n) is 15.9. The fraction of sp³-hybridized carbons (Fsp3) is 0.459. The number of hydrogen-bond donors (Lipinski definition) is 0. The van der Waals surface area contributed by atoms with Crippen molar-refractivity contribution in [1.29, 1.82) is 0 Å². The van der Waals surface area contributed by atoms with Gasteiger partial charge in [-0.15, -0.1) is 0 Å². The van der Waals surface area contributed by atoms with E-state index in [0.717, 1.165) is 37.7 Å². The van der Waals surface area contributed by atoms with Crippen molar-refractivity contribution in [3.05, 3.63) is 83.7 Å². The molecule has 1 aliphatic heterocycles. The largest absolute Gasteiger partial charge is 0.490 e. The molecule has 0 spiro atoms. The zero-order chi connectivity index (χ0) is 30.4. The van der Waals surface area contributed by atoms with E-state index >= 15 is 0 Å². The minimum atomic E-state index is -0.976. The van der Waals surface area contributed by atoms with Gasteiger partial charge >= 0.3 is 0 Å². The average Bonchev–Trinajstić information content (AvgIpc) is 3.03. The van der Waals surface area contributed by atoms with Crippen LogP contribution in [0.25, 0.3) is 28.3 Å². The molecule has 0 aromatic heterocycles. The van der Waals surface area contributed by atoms with Crippen LogP contribution in [-0.4, -0.2) is 26.1 Å². The standard InChI is InChI=1S/C37H45F3O3/c1-3-5-7-8-9-11-23-41-34-22-21-32(36(39)37(34)40)29-17-15-28(16-18-29)31-20-19-30(33(38)24-31)14-13-27-25-42-35(43-26-27)12-10-6-4-2/h13-22,24,27,35H,3-12,23,25-26H2,1-2H3/b14-13+. The van der Waals surface area contributed by atoms with E-state index in [2.05, 4.69) is 13.8 Å². The van der Waals surface area contributed by atoms with E-state index in [-0.39, 0.29) is 29.3 Å². The summed E-state index contributed by atoms with van der Waals surface area (Å²) < 4.78 is 61.8. The average molecular weight is 595 g/mol. The number of halogens is 3. The molecule has 0 saturated carbocycles. The molecule has 0 atom stereocenters. The van der Waals surface area contributed by atoms with Crippen molar-refractivity contribution in [2.24, 2.45) is 5.92 Å². The van der Waals surface area contributed by atoms with Gasteiger partial charge < -0.3 is 14.2 Å². The van der Waals surface area contributed by atoms with Crippen LogP contribution in [0.1, 0.15) is 83.6 Å². The lowest BCUT2D eigenvalue weighted by molar-refractivity contribution is -0.195. The first-order chi connectivity index (χ1) is 21.0. The third-order valence-corrected chi connectivity index (χ3v) is 7.92. The lowest BCUT2D eigenvalue weighted by atomic mass is 9.98. The molecule has 1 fully saturated rings. The Hall–Kier alpha value is -3.09. The first kappa shape index (κ1) is 32.8. The highest BCUT2D eigenvalue weighted by Gasteiger charge is 2.20. The molecule has 0 unspecified atom stereocenters. The van der Waals surface area contributed by atoms with E-state index in [1.807, 2.05) is 12.1 Å². The molecule has 1 saturated heterocycles. The summed E-state index contributed by atoms with van der Waals surface area (Å²) in [6.45, 7) is 5.85. The Bertz CT molecular complexity index is 1300. The fourth-order valence-corrected chi connectivity index (χ4v) is 5.25. The highest BCUT2D eigenvalue weighted by atomic mass is 19.2. The normalized spacial score (nSPS) is 17.0. The lowest BCUT2D eigenvalue weighted by Crippen LogP contribution is -2.31. The summed E-state index contributed by atoms with van der Waals surface area (Å²) in [7, 11) is 0. The maximum absolute atomic E-state index is 15.0. The second kappa shape index (κ2) is 17.3. The third-order valence-electron chi connectivity index (χ3n) is 7.92. The summed E-state index contributed by atoms with van der Waals surface area (Å²) in [5.41, 5.74) is 2.66. The maximum Gasteiger partial charge on any atom is 0.201 e. The number of benzene rings is 3.